The average Bonchev–Trinajstić information content (AvgIpc) is 3.00. The molecule has 0 saturated heterocycles. The minimum atomic E-state index is 0.0427. The fourth-order valence-corrected chi connectivity index (χ4v) is 3.36. The van der Waals surface area contributed by atoms with Gasteiger partial charge in [0.1, 0.15) is 16.3 Å². The molecule has 3 aromatic rings. The number of alkyl halides is 1. The number of thiazole rings is 1. The van der Waals surface area contributed by atoms with Gasteiger partial charge in [0.15, 0.2) is 5.65 Å². The first-order valence-electron chi connectivity index (χ1n) is 6.10. The van der Waals surface area contributed by atoms with E-state index in [0.29, 0.717) is 10.9 Å². The average molecular weight is 327 g/mol. The maximum Gasteiger partial charge on any atom is 0.160 e. The molecule has 0 N–H and O–H groups in total. The lowest BCUT2D eigenvalue weighted by molar-refractivity contribution is 0.624. The summed E-state index contributed by atoms with van der Waals surface area (Å²) in [5, 5.41) is 3.63. The highest BCUT2D eigenvalue weighted by molar-refractivity contribution is 7.09. The van der Waals surface area contributed by atoms with E-state index in [1.54, 1.807) is 23.6 Å². The Balaban J connectivity index is 2.18. The molecule has 104 valence electrons. The third-order valence-electron chi connectivity index (χ3n) is 3.07. The molecule has 0 fully saturated rings. The molecule has 1 atom stereocenters. The monoisotopic (exact) mass is 326 g/mol. The van der Waals surface area contributed by atoms with Gasteiger partial charge in [-0.05, 0) is 19.9 Å². The molecule has 3 heterocycles. The van der Waals surface area contributed by atoms with E-state index >= 15 is 0 Å². The summed E-state index contributed by atoms with van der Waals surface area (Å²) < 4.78 is 2.02. The zero-order valence-corrected chi connectivity index (χ0v) is 13.3. The summed E-state index contributed by atoms with van der Waals surface area (Å²) in [6.07, 6.45) is 1.62. The lowest BCUT2D eigenvalue weighted by Crippen LogP contribution is -2.10. The molecule has 4 nitrogen and oxygen atoms in total. The van der Waals surface area contributed by atoms with E-state index in [9.17, 15) is 0 Å². The molecule has 0 aliphatic carbocycles. The van der Waals surface area contributed by atoms with E-state index in [1.807, 2.05) is 16.9 Å². The molecule has 0 aliphatic heterocycles. The summed E-state index contributed by atoms with van der Waals surface area (Å²) in [7, 11) is 0. The summed E-state index contributed by atoms with van der Waals surface area (Å²) >= 11 is 13.6. The number of hydrogen-bond donors (Lipinski definition) is 0. The molecule has 0 amide bonds. The fourth-order valence-electron chi connectivity index (χ4n) is 2.18. The van der Waals surface area contributed by atoms with Crippen molar-refractivity contribution in [1.82, 2.24) is 19.5 Å². The van der Waals surface area contributed by atoms with Crippen molar-refractivity contribution < 1.29 is 0 Å². The highest BCUT2D eigenvalue weighted by Gasteiger charge is 2.20. The van der Waals surface area contributed by atoms with Crippen LogP contribution in [0.2, 0.25) is 5.02 Å². The van der Waals surface area contributed by atoms with E-state index in [4.69, 9.17) is 23.2 Å². The van der Waals surface area contributed by atoms with Gasteiger partial charge < -0.3 is 4.57 Å². The minimum Gasteiger partial charge on any atom is -0.302 e. The van der Waals surface area contributed by atoms with Crippen molar-refractivity contribution >= 4 is 45.7 Å². The van der Waals surface area contributed by atoms with Gasteiger partial charge in [0.2, 0.25) is 0 Å². The Morgan fingerprint density at radius 2 is 2.20 bits per heavy atom. The zero-order chi connectivity index (χ0) is 14.3. The standard InChI is InChI=1S/C13H12Cl2N4S/c1-7-6-20-13(17-7)8(2)19-11(4-14)18-10-3-9(15)5-16-12(10)19/h3,5-6,8H,4H2,1-2H3. The molecule has 0 aromatic carbocycles. The largest absolute Gasteiger partial charge is 0.302 e. The topological polar surface area (TPSA) is 43.6 Å². The zero-order valence-electron chi connectivity index (χ0n) is 11.0. The Labute approximate surface area is 130 Å². The number of nitrogens with zero attached hydrogens (tertiary/aromatic N) is 4. The lowest BCUT2D eigenvalue weighted by Gasteiger charge is -2.13. The van der Waals surface area contributed by atoms with Crippen molar-refractivity contribution in [2.75, 3.05) is 0 Å². The van der Waals surface area contributed by atoms with Crippen LogP contribution in [0.3, 0.4) is 0 Å². The number of imidazole rings is 1. The van der Waals surface area contributed by atoms with Crippen LogP contribution in [-0.2, 0) is 5.88 Å². The molecule has 0 saturated carbocycles. The Kier molecular flexibility index (Phi) is 3.67. The molecule has 0 radical (unpaired) electrons. The molecule has 1 unspecified atom stereocenters. The van der Waals surface area contributed by atoms with Gasteiger partial charge in [-0.15, -0.1) is 22.9 Å². The molecule has 0 bridgehead atoms. The van der Waals surface area contributed by atoms with Crippen molar-refractivity contribution in [3.8, 4) is 0 Å². The SMILES string of the molecule is Cc1csc(C(C)n2c(CCl)nc3cc(Cl)cnc32)n1. The Morgan fingerprint density at radius 3 is 2.85 bits per heavy atom. The minimum absolute atomic E-state index is 0.0427. The normalized spacial score (nSPS) is 13.0. The van der Waals surface area contributed by atoms with Gasteiger partial charge in [-0.1, -0.05) is 11.6 Å². The summed E-state index contributed by atoms with van der Waals surface area (Å²) in [4.78, 5) is 13.4. The predicted molar refractivity (Wildman–Crippen MR) is 82.8 cm³/mol. The first-order valence-corrected chi connectivity index (χ1v) is 7.89. The number of fused-ring (bicyclic) bond motifs is 1. The highest BCUT2D eigenvalue weighted by atomic mass is 35.5. The number of hydrogen-bond acceptors (Lipinski definition) is 4. The molecular formula is C13H12Cl2N4S. The first kappa shape index (κ1) is 13.8. The second-order valence-corrected chi connectivity index (χ2v) is 6.12. The van der Waals surface area contributed by atoms with E-state index < -0.39 is 0 Å². The van der Waals surface area contributed by atoms with E-state index in [0.717, 1.165) is 27.7 Å². The number of pyridine rings is 1. The molecule has 0 aliphatic rings. The number of aryl methyl sites for hydroxylation is 1. The molecular weight excluding hydrogens is 315 g/mol. The molecule has 7 heteroatoms. The van der Waals surface area contributed by atoms with Crippen LogP contribution in [0.15, 0.2) is 17.6 Å². The number of rotatable bonds is 3. The van der Waals surface area contributed by atoms with E-state index in [1.165, 1.54) is 0 Å². The third-order valence-corrected chi connectivity index (χ3v) is 4.65. The molecule has 0 spiro atoms. The van der Waals surface area contributed by atoms with Gasteiger partial charge >= 0.3 is 0 Å². The fraction of sp³-hybridized carbons (Fsp3) is 0.308. The van der Waals surface area contributed by atoms with Gasteiger partial charge in [-0.2, -0.15) is 0 Å². The molecule has 3 rings (SSSR count). The van der Waals surface area contributed by atoms with Crippen molar-refractivity contribution in [2.45, 2.75) is 25.8 Å². The van der Waals surface area contributed by atoms with Gasteiger partial charge in [0.05, 0.1) is 16.9 Å². The molecule has 3 aromatic heterocycles. The van der Waals surface area contributed by atoms with Crippen LogP contribution in [0.1, 0.15) is 29.5 Å². The van der Waals surface area contributed by atoms with E-state index in [2.05, 4.69) is 21.9 Å². The van der Waals surface area contributed by atoms with Crippen LogP contribution < -0.4 is 0 Å². The quantitative estimate of drug-likeness (QED) is 0.677. The Hall–Kier alpha value is -1.17. The highest BCUT2D eigenvalue weighted by Crippen LogP contribution is 2.28. The van der Waals surface area contributed by atoms with Crippen LogP contribution in [-0.4, -0.2) is 19.5 Å². The van der Waals surface area contributed by atoms with Crippen molar-refractivity contribution in [3.05, 3.63) is 39.2 Å². The van der Waals surface area contributed by atoms with Gasteiger partial charge in [-0.3, -0.25) is 0 Å². The van der Waals surface area contributed by atoms with Gasteiger partial charge in [-0.25, -0.2) is 15.0 Å². The van der Waals surface area contributed by atoms with Crippen LogP contribution in [0, 0.1) is 6.92 Å². The smallest absolute Gasteiger partial charge is 0.160 e. The number of halogens is 2. The maximum absolute atomic E-state index is 6.02. The predicted octanol–water partition coefficient (Wildman–Crippen LogP) is 4.20. The maximum atomic E-state index is 6.02. The van der Waals surface area contributed by atoms with Crippen LogP contribution in [0.4, 0.5) is 0 Å². The summed E-state index contributed by atoms with van der Waals surface area (Å²) in [6, 6.07) is 1.84. The van der Waals surface area contributed by atoms with Crippen LogP contribution in [0.25, 0.3) is 11.2 Å². The van der Waals surface area contributed by atoms with Crippen molar-refractivity contribution in [3.63, 3.8) is 0 Å². The summed E-state index contributed by atoms with van der Waals surface area (Å²) in [6.45, 7) is 4.06. The van der Waals surface area contributed by atoms with Gasteiger partial charge in [0, 0.05) is 17.3 Å². The Morgan fingerprint density at radius 1 is 1.40 bits per heavy atom. The summed E-state index contributed by atoms with van der Waals surface area (Å²) in [5.41, 5.74) is 2.56. The second-order valence-electron chi connectivity index (χ2n) is 4.53. The van der Waals surface area contributed by atoms with Crippen LogP contribution in [0.5, 0.6) is 0 Å². The van der Waals surface area contributed by atoms with Gasteiger partial charge in [0.25, 0.3) is 0 Å². The van der Waals surface area contributed by atoms with Crippen molar-refractivity contribution in [1.29, 1.82) is 0 Å². The number of aromatic nitrogens is 4. The third kappa shape index (κ3) is 2.30. The molecule has 20 heavy (non-hydrogen) atoms. The van der Waals surface area contributed by atoms with Crippen LogP contribution >= 0.6 is 34.5 Å². The lowest BCUT2D eigenvalue weighted by atomic mass is 10.3. The second kappa shape index (κ2) is 5.31. The Bertz CT molecular complexity index is 765. The van der Waals surface area contributed by atoms with Crippen molar-refractivity contribution in [2.24, 2.45) is 0 Å². The summed E-state index contributed by atoms with van der Waals surface area (Å²) in [5.74, 6) is 1.10. The first-order chi connectivity index (χ1) is 9.60. The van der Waals surface area contributed by atoms with E-state index in [-0.39, 0.29) is 6.04 Å².